The smallest absolute Gasteiger partial charge is 0.323 e. The summed E-state index contributed by atoms with van der Waals surface area (Å²) in [5.74, 6) is -0.241. The van der Waals surface area contributed by atoms with E-state index >= 15 is 0 Å². The Bertz CT molecular complexity index is 210. The zero-order chi connectivity index (χ0) is 8.97. The SMILES string of the molecule is CCOC(=O)[C@@H]1CCC(C#N)N1. The molecule has 0 aromatic carbocycles. The largest absolute Gasteiger partial charge is 0.465 e. The average molecular weight is 168 g/mol. The summed E-state index contributed by atoms with van der Waals surface area (Å²) in [4.78, 5) is 11.1. The molecule has 2 atom stereocenters. The van der Waals surface area contributed by atoms with Crippen molar-refractivity contribution in [3.05, 3.63) is 0 Å². The minimum atomic E-state index is -0.269. The molecule has 0 amide bonds. The topological polar surface area (TPSA) is 62.1 Å². The standard InChI is InChI=1S/C8H12N2O2/c1-2-12-8(11)7-4-3-6(5-9)10-7/h6-7,10H,2-4H2,1H3/t6?,7-/m0/s1. The third-order valence-corrected chi connectivity index (χ3v) is 1.87. The van der Waals surface area contributed by atoms with E-state index in [0.29, 0.717) is 13.0 Å². The van der Waals surface area contributed by atoms with Gasteiger partial charge in [0.1, 0.15) is 6.04 Å². The number of nitriles is 1. The molecular formula is C8H12N2O2. The molecule has 4 heteroatoms. The lowest BCUT2D eigenvalue weighted by Gasteiger charge is -2.08. The van der Waals surface area contributed by atoms with Crippen LogP contribution in [0.2, 0.25) is 0 Å². The van der Waals surface area contributed by atoms with Gasteiger partial charge in [0, 0.05) is 0 Å². The quantitative estimate of drug-likeness (QED) is 0.598. The predicted molar refractivity (Wildman–Crippen MR) is 42.2 cm³/mol. The van der Waals surface area contributed by atoms with Gasteiger partial charge in [-0.3, -0.25) is 10.1 Å². The fourth-order valence-electron chi connectivity index (χ4n) is 1.27. The van der Waals surface area contributed by atoms with Gasteiger partial charge in [-0.25, -0.2) is 0 Å². The molecule has 0 saturated carbocycles. The fourth-order valence-corrected chi connectivity index (χ4v) is 1.27. The number of hydrogen-bond acceptors (Lipinski definition) is 4. The first-order valence-corrected chi connectivity index (χ1v) is 4.10. The maximum atomic E-state index is 11.1. The van der Waals surface area contributed by atoms with Crippen LogP contribution in [-0.2, 0) is 9.53 Å². The molecular weight excluding hydrogens is 156 g/mol. The Kier molecular flexibility index (Phi) is 3.06. The number of rotatable bonds is 2. The summed E-state index contributed by atoms with van der Waals surface area (Å²) in [6.45, 7) is 2.17. The Labute approximate surface area is 71.5 Å². The van der Waals surface area contributed by atoms with E-state index in [-0.39, 0.29) is 18.1 Å². The number of nitrogens with zero attached hydrogens (tertiary/aromatic N) is 1. The molecule has 1 heterocycles. The first-order chi connectivity index (χ1) is 5.77. The monoisotopic (exact) mass is 168 g/mol. The predicted octanol–water partition coefficient (Wildman–Crippen LogP) is 0.194. The Morgan fingerprint density at radius 3 is 3.00 bits per heavy atom. The molecule has 0 radical (unpaired) electrons. The van der Waals surface area contributed by atoms with Crippen molar-refractivity contribution in [3.8, 4) is 6.07 Å². The van der Waals surface area contributed by atoms with Crippen LogP contribution in [0.3, 0.4) is 0 Å². The van der Waals surface area contributed by atoms with E-state index in [1.54, 1.807) is 6.92 Å². The summed E-state index contributed by atoms with van der Waals surface area (Å²) in [6.07, 6.45) is 1.44. The van der Waals surface area contributed by atoms with Crippen molar-refractivity contribution < 1.29 is 9.53 Å². The van der Waals surface area contributed by atoms with Gasteiger partial charge < -0.3 is 4.74 Å². The van der Waals surface area contributed by atoms with Gasteiger partial charge in [-0.1, -0.05) is 0 Å². The summed E-state index contributed by atoms with van der Waals surface area (Å²) < 4.78 is 4.81. The van der Waals surface area contributed by atoms with E-state index in [2.05, 4.69) is 11.4 Å². The number of carbonyl (C=O) groups is 1. The Morgan fingerprint density at radius 2 is 2.50 bits per heavy atom. The highest BCUT2D eigenvalue weighted by atomic mass is 16.5. The van der Waals surface area contributed by atoms with Crippen LogP contribution in [0, 0.1) is 11.3 Å². The van der Waals surface area contributed by atoms with E-state index in [9.17, 15) is 4.79 Å². The number of ether oxygens (including phenoxy) is 1. The second kappa shape index (κ2) is 4.07. The normalized spacial score (nSPS) is 28.0. The molecule has 4 nitrogen and oxygen atoms in total. The first kappa shape index (κ1) is 9.01. The van der Waals surface area contributed by atoms with E-state index in [4.69, 9.17) is 10.00 Å². The molecule has 0 bridgehead atoms. The third-order valence-electron chi connectivity index (χ3n) is 1.87. The van der Waals surface area contributed by atoms with Crippen LogP contribution in [0.15, 0.2) is 0 Å². The first-order valence-electron chi connectivity index (χ1n) is 4.10. The fraction of sp³-hybridized carbons (Fsp3) is 0.750. The van der Waals surface area contributed by atoms with Crippen molar-refractivity contribution in [1.29, 1.82) is 5.26 Å². The van der Waals surface area contributed by atoms with Crippen LogP contribution in [0.1, 0.15) is 19.8 Å². The van der Waals surface area contributed by atoms with E-state index < -0.39 is 0 Å². The van der Waals surface area contributed by atoms with Crippen molar-refractivity contribution in [2.45, 2.75) is 31.8 Å². The zero-order valence-corrected chi connectivity index (χ0v) is 7.04. The van der Waals surface area contributed by atoms with E-state index in [1.165, 1.54) is 0 Å². The molecule has 0 spiro atoms. The molecule has 1 rings (SSSR count). The molecule has 12 heavy (non-hydrogen) atoms. The lowest BCUT2D eigenvalue weighted by atomic mass is 10.2. The molecule has 66 valence electrons. The van der Waals surface area contributed by atoms with Gasteiger partial charge in [0.2, 0.25) is 0 Å². The van der Waals surface area contributed by atoms with Crippen molar-refractivity contribution in [1.82, 2.24) is 5.32 Å². The van der Waals surface area contributed by atoms with Gasteiger partial charge in [-0.2, -0.15) is 5.26 Å². The number of carbonyl (C=O) groups excluding carboxylic acids is 1. The van der Waals surface area contributed by atoms with Crippen LogP contribution in [0.4, 0.5) is 0 Å². The van der Waals surface area contributed by atoms with Crippen LogP contribution in [0.5, 0.6) is 0 Å². The van der Waals surface area contributed by atoms with Crippen LogP contribution in [0.25, 0.3) is 0 Å². The third kappa shape index (κ3) is 1.95. The van der Waals surface area contributed by atoms with Gasteiger partial charge in [-0.15, -0.1) is 0 Å². The summed E-state index contributed by atoms with van der Waals surface area (Å²) in [7, 11) is 0. The van der Waals surface area contributed by atoms with Crippen LogP contribution in [-0.4, -0.2) is 24.7 Å². The van der Waals surface area contributed by atoms with Gasteiger partial charge >= 0.3 is 5.97 Å². The minimum absolute atomic E-state index is 0.181. The Morgan fingerprint density at radius 1 is 1.75 bits per heavy atom. The van der Waals surface area contributed by atoms with Crippen LogP contribution >= 0.6 is 0 Å². The molecule has 1 unspecified atom stereocenters. The average Bonchev–Trinajstić information content (AvgIpc) is 2.52. The van der Waals surface area contributed by atoms with Gasteiger partial charge in [0.05, 0.1) is 18.7 Å². The summed E-state index contributed by atoms with van der Waals surface area (Å²) >= 11 is 0. The molecule has 1 saturated heterocycles. The van der Waals surface area contributed by atoms with E-state index in [1.807, 2.05) is 0 Å². The van der Waals surface area contributed by atoms with Gasteiger partial charge in [0.25, 0.3) is 0 Å². The molecule has 0 aromatic rings. The number of hydrogen-bond donors (Lipinski definition) is 1. The molecule has 1 N–H and O–H groups in total. The highest BCUT2D eigenvalue weighted by Gasteiger charge is 2.29. The lowest BCUT2D eigenvalue weighted by Crippen LogP contribution is -2.36. The highest BCUT2D eigenvalue weighted by molar-refractivity contribution is 5.76. The maximum absolute atomic E-state index is 11.1. The Hall–Kier alpha value is -1.08. The van der Waals surface area contributed by atoms with E-state index in [0.717, 1.165) is 6.42 Å². The molecule has 1 fully saturated rings. The minimum Gasteiger partial charge on any atom is -0.465 e. The maximum Gasteiger partial charge on any atom is 0.323 e. The molecule has 0 aromatic heterocycles. The zero-order valence-electron chi connectivity index (χ0n) is 7.04. The van der Waals surface area contributed by atoms with Gasteiger partial charge in [-0.05, 0) is 19.8 Å². The lowest BCUT2D eigenvalue weighted by molar-refractivity contribution is -0.145. The molecule has 1 aliphatic heterocycles. The second-order valence-corrected chi connectivity index (χ2v) is 2.73. The van der Waals surface area contributed by atoms with Gasteiger partial charge in [0.15, 0.2) is 0 Å². The van der Waals surface area contributed by atoms with Crippen LogP contribution < -0.4 is 5.32 Å². The summed E-state index contributed by atoms with van der Waals surface area (Å²) in [6, 6.07) is 1.62. The van der Waals surface area contributed by atoms with Crippen molar-refractivity contribution >= 4 is 5.97 Å². The van der Waals surface area contributed by atoms with Crippen molar-refractivity contribution in [2.24, 2.45) is 0 Å². The van der Waals surface area contributed by atoms with Crippen molar-refractivity contribution in [3.63, 3.8) is 0 Å². The molecule has 0 aliphatic carbocycles. The highest BCUT2D eigenvalue weighted by Crippen LogP contribution is 2.12. The van der Waals surface area contributed by atoms with Crippen molar-refractivity contribution in [2.75, 3.05) is 6.61 Å². The summed E-state index contributed by atoms with van der Waals surface area (Å²) in [5.41, 5.74) is 0. The Balaban J connectivity index is 2.37. The molecule has 1 aliphatic rings. The summed E-state index contributed by atoms with van der Waals surface area (Å²) in [5, 5.41) is 11.4. The number of nitrogens with one attached hydrogen (secondary N) is 1. The second-order valence-electron chi connectivity index (χ2n) is 2.73. The number of esters is 1.